The lowest BCUT2D eigenvalue weighted by molar-refractivity contribution is 0.101. The number of ketones is 1. The van der Waals surface area contributed by atoms with Crippen LogP contribution >= 0.6 is 11.6 Å². The van der Waals surface area contributed by atoms with Crippen LogP contribution in [-0.4, -0.2) is 11.7 Å². The zero-order valence-electron chi connectivity index (χ0n) is 7.47. The molecule has 0 N–H and O–H groups in total. The van der Waals surface area contributed by atoms with E-state index in [-0.39, 0.29) is 17.0 Å². The fourth-order valence-corrected chi connectivity index (χ4v) is 1.30. The minimum Gasteiger partial charge on any atom is -0.293 e. The summed E-state index contributed by atoms with van der Waals surface area (Å²) in [4.78, 5) is 11.2. The van der Waals surface area contributed by atoms with Crippen molar-refractivity contribution in [1.82, 2.24) is 0 Å². The van der Waals surface area contributed by atoms with E-state index in [0.717, 1.165) is 6.07 Å². The van der Waals surface area contributed by atoms with Gasteiger partial charge in [-0.3, -0.25) is 4.79 Å². The third-order valence-corrected chi connectivity index (χ3v) is 2.12. The molecule has 0 unspecified atom stereocenters. The fraction of sp³-hybridized carbons (Fsp3) is 0.200. The van der Waals surface area contributed by atoms with Crippen LogP contribution in [0.5, 0.6) is 0 Å². The summed E-state index contributed by atoms with van der Waals surface area (Å²) < 4.78 is 13.2. The SMILES string of the molecule is Cc1ccc(F)c(C(=O)CCl)c1C#N. The van der Waals surface area contributed by atoms with Gasteiger partial charge >= 0.3 is 0 Å². The second-order valence-corrected chi connectivity index (χ2v) is 3.05. The number of hydrogen-bond acceptors (Lipinski definition) is 2. The molecule has 72 valence electrons. The van der Waals surface area contributed by atoms with E-state index in [1.165, 1.54) is 6.07 Å². The Morgan fingerprint density at radius 2 is 2.29 bits per heavy atom. The number of halogens is 2. The Kier molecular flexibility index (Phi) is 3.21. The van der Waals surface area contributed by atoms with E-state index in [1.807, 2.05) is 0 Å². The number of Topliss-reactive ketones (excluding diaryl/α,β-unsaturated/α-hetero) is 1. The van der Waals surface area contributed by atoms with Crippen molar-refractivity contribution in [3.8, 4) is 6.07 Å². The maximum Gasteiger partial charge on any atom is 0.181 e. The first-order valence-electron chi connectivity index (χ1n) is 3.90. The van der Waals surface area contributed by atoms with Crippen LogP contribution in [0.4, 0.5) is 4.39 Å². The number of carbonyl (C=O) groups is 1. The van der Waals surface area contributed by atoms with Crippen LogP contribution in [0, 0.1) is 24.1 Å². The van der Waals surface area contributed by atoms with Crippen molar-refractivity contribution < 1.29 is 9.18 Å². The average molecular weight is 212 g/mol. The van der Waals surface area contributed by atoms with Crippen LogP contribution < -0.4 is 0 Å². The zero-order valence-corrected chi connectivity index (χ0v) is 8.23. The van der Waals surface area contributed by atoms with Crippen LogP contribution in [0.3, 0.4) is 0 Å². The maximum atomic E-state index is 13.2. The third kappa shape index (κ3) is 1.75. The normalized spacial score (nSPS) is 9.57. The predicted molar refractivity (Wildman–Crippen MR) is 50.9 cm³/mol. The summed E-state index contributed by atoms with van der Waals surface area (Å²) in [5.41, 5.74) is 0.431. The molecule has 0 atom stereocenters. The second kappa shape index (κ2) is 4.21. The number of nitrogens with zero attached hydrogens (tertiary/aromatic N) is 1. The first-order valence-corrected chi connectivity index (χ1v) is 4.43. The monoisotopic (exact) mass is 211 g/mol. The molecule has 0 aliphatic rings. The molecule has 1 rings (SSSR count). The van der Waals surface area contributed by atoms with E-state index in [2.05, 4.69) is 0 Å². The van der Waals surface area contributed by atoms with E-state index in [0.29, 0.717) is 5.56 Å². The first-order chi connectivity index (χ1) is 6.61. The highest BCUT2D eigenvalue weighted by atomic mass is 35.5. The first kappa shape index (κ1) is 10.7. The van der Waals surface area contributed by atoms with Gasteiger partial charge in [-0.2, -0.15) is 5.26 Å². The van der Waals surface area contributed by atoms with Crippen molar-refractivity contribution in [2.45, 2.75) is 6.92 Å². The number of nitriles is 1. The molecule has 0 fully saturated rings. The third-order valence-electron chi connectivity index (χ3n) is 1.87. The number of benzene rings is 1. The average Bonchev–Trinajstić information content (AvgIpc) is 2.19. The minimum absolute atomic E-state index is 0.0654. The topological polar surface area (TPSA) is 40.9 Å². The lowest BCUT2D eigenvalue weighted by atomic mass is 10.00. The highest BCUT2D eigenvalue weighted by molar-refractivity contribution is 6.30. The highest BCUT2D eigenvalue weighted by Crippen LogP contribution is 2.18. The molecular weight excluding hydrogens is 205 g/mol. The van der Waals surface area contributed by atoms with Gasteiger partial charge in [0.05, 0.1) is 17.0 Å². The Labute approximate surface area is 85.9 Å². The quantitative estimate of drug-likeness (QED) is 0.557. The molecule has 0 spiro atoms. The molecule has 1 aromatic carbocycles. The Balaban J connectivity index is 3.47. The summed E-state index contributed by atoms with van der Waals surface area (Å²) in [6.45, 7) is 1.64. The van der Waals surface area contributed by atoms with Crippen LogP contribution in [0.25, 0.3) is 0 Å². The molecular formula is C10H7ClFNO. The van der Waals surface area contributed by atoms with E-state index in [4.69, 9.17) is 16.9 Å². The molecule has 4 heteroatoms. The smallest absolute Gasteiger partial charge is 0.181 e. The van der Waals surface area contributed by atoms with Crippen LogP contribution in [-0.2, 0) is 0 Å². The number of hydrogen-bond donors (Lipinski definition) is 0. The Morgan fingerprint density at radius 1 is 1.64 bits per heavy atom. The van der Waals surface area contributed by atoms with E-state index in [1.54, 1.807) is 13.0 Å². The number of carbonyl (C=O) groups excluding carboxylic acids is 1. The van der Waals surface area contributed by atoms with Gasteiger partial charge in [0.25, 0.3) is 0 Å². The minimum atomic E-state index is -0.696. The van der Waals surface area contributed by atoms with E-state index in [9.17, 15) is 9.18 Å². The van der Waals surface area contributed by atoms with Gasteiger partial charge in [-0.25, -0.2) is 4.39 Å². The summed E-state index contributed by atoms with van der Waals surface area (Å²) in [6, 6.07) is 4.42. The molecule has 0 amide bonds. The van der Waals surface area contributed by atoms with Gasteiger partial charge in [0, 0.05) is 0 Å². The maximum absolute atomic E-state index is 13.2. The molecule has 0 heterocycles. The summed E-state index contributed by atoms with van der Waals surface area (Å²) in [5.74, 6) is -1.59. The van der Waals surface area contributed by atoms with Gasteiger partial charge in [0.2, 0.25) is 0 Å². The largest absolute Gasteiger partial charge is 0.293 e. The molecule has 1 aromatic rings. The molecule has 0 saturated carbocycles. The second-order valence-electron chi connectivity index (χ2n) is 2.78. The Hall–Kier alpha value is -1.40. The molecule has 2 nitrogen and oxygen atoms in total. The van der Waals surface area contributed by atoms with Crippen LogP contribution in [0.1, 0.15) is 21.5 Å². The van der Waals surface area contributed by atoms with Gasteiger partial charge in [-0.15, -0.1) is 11.6 Å². The van der Waals surface area contributed by atoms with Crippen molar-refractivity contribution in [2.75, 3.05) is 5.88 Å². The predicted octanol–water partition coefficient (Wildman–Crippen LogP) is 2.43. The number of alkyl halides is 1. The van der Waals surface area contributed by atoms with Gasteiger partial charge in [0.1, 0.15) is 11.9 Å². The zero-order chi connectivity index (χ0) is 10.7. The van der Waals surface area contributed by atoms with Gasteiger partial charge in [-0.05, 0) is 18.6 Å². The molecule has 0 saturated heterocycles. The highest BCUT2D eigenvalue weighted by Gasteiger charge is 2.17. The van der Waals surface area contributed by atoms with E-state index >= 15 is 0 Å². The molecule has 0 aliphatic carbocycles. The molecule has 14 heavy (non-hydrogen) atoms. The van der Waals surface area contributed by atoms with Crippen molar-refractivity contribution >= 4 is 17.4 Å². The molecule has 0 aromatic heterocycles. The van der Waals surface area contributed by atoms with Crippen LogP contribution in [0.15, 0.2) is 12.1 Å². The van der Waals surface area contributed by atoms with Gasteiger partial charge in [0.15, 0.2) is 5.78 Å². The van der Waals surface area contributed by atoms with Crippen LogP contribution in [0.2, 0.25) is 0 Å². The Morgan fingerprint density at radius 3 is 2.79 bits per heavy atom. The van der Waals surface area contributed by atoms with Crippen molar-refractivity contribution in [3.05, 3.63) is 34.6 Å². The van der Waals surface area contributed by atoms with Gasteiger partial charge in [-0.1, -0.05) is 6.07 Å². The van der Waals surface area contributed by atoms with E-state index < -0.39 is 11.6 Å². The lowest BCUT2D eigenvalue weighted by Crippen LogP contribution is -2.08. The van der Waals surface area contributed by atoms with Gasteiger partial charge < -0.3 is 0 Å². The van der Waals surface area contributed by atoms with Crippen molar-refractivity contribution in [3.63, 3.8) is 0 Å². The molecule has 0 aliphatic heterocycles. The number of aryl methyl sites for hydroxylation is 1. The molecule has 0 radical (unpaired) electrons. The molecule has 0 bridgehead atoms. The van der Waals surface area contributed by atoms with Crippen molar-refractivity contribution in [2.24, 2.45) is 0 Å². The standard InChI is InChI=1S/C10H7ClFNO/c1-6-2-3-8(12)10(7(6)5-13)9(14)4-11/h2-3H,4H2,1H3. The number of rotatable bonds is 2. The lowest BCUT2D eigenvalue weighted by Gasteiger charge is -2.04. The summed E-state index contributed by atoms with van der Waals surface area (Å²) in [5, 5.41) is 8.76. The summed E-state index contributed by atoms with van der Waals surface area (Å²) in [6.07, 6.45) is 0. The summed E-state index contributed by atoms with van der Waals surface area (Å²) >= 11 is 5.31. The van der Waals surface area contributed by atoms with Crippen molar-refractivity contribution in [1.29, 1.82) is 5.26 Å². The Bertz CT molecular complexity index is 423. The fourth-order valence-electron chi connectivity index (χ4n) is 1.16. The summed E-state index contributed by atoms with van der Waals surface area (Å²) in [7, 11) is 0.